The molecule has 2 heteroatoms. The SMILES string of the molecule is CC(C)CNc1ccccc1N1CCCC1. The molecule has 2 rings (SSSR count). The molecule has 1 fully saturated rings. The molecule has 0 radical (unpaired) electrons. The van der Waals surface area contributed by atoms with Crippen LogP contribution in [0.3, 0.4) is 0 Å². The maximum absolute atomic E-state index is 3.55. The second-order valence-electron chi connectivity index (χ2n) is 4.99. The van der Waals surface area contributed by atoms with Crippen molar-refractivity contribution in [3.63, 3.8) is 0 Å². The van der Waals surface area contributed by atoms with Gasteiger partial charge >= 0.3 is 0 Å². The normalized spacial score (nSPS) is 15.8. The zero-order valence-corrected chi connectivity index (χ0v) is 10.4. The van der Waals surface area contributed by atoms with E-state index in [1.54, 1.807) is 0 Å². The Bertz CT molecular complexity index is 327. The Labute approximate surface area is 98.7 Å². The molecule has 0 atom stereocenters. The summed E-state index contributed by atoms with van der Waals surface area (Å²) in [5, 5.41) is 3.55. The maximum atomic E-state index is 3.55. The van der Waals surface area contributed by atoms with Gasteiger partial charge in [-0.25, -0.2) is 0 Å². The van der Waals surface area contributed by atoms with E-state index in [1.807, 2.05) is 0 Å². The van der Waals surface area contributed by atoms with Crippen LogP contribution in [0.2, 0.25) is 0 Å². The smallest absolute Gasteiger partial charge is 0.0602 e. The first kappa shape index (κ1) is 11.3. The summed E-state index contributed by atoms with van der Waals surface area (Å²) in [5.74, 6) is 0.687. The lowest BCUT2D eigenvalue weighted by Crippen LogP contribution is -2.20. The van der Waals surface area contributed by atoms with Crippen molar-refractivity contribution in [2.75, 3.05) is 29.9 Å². The molecule has 16 heavy (non-hydrogen) atoms. The molecule has 0 saturated carbocycles. The van der Waals surface area contributed by atoms with Crippen LogP contribution >= 0.6 is 0 Å². The molecule has 1 aromatic rings. The Kier molecular flexibility index (Phi) is 3.70. The van der Waals surface area contributed by atoms with Gasteiger partial charge in [0.25, 0.3) is 0 Å². The largest absolute Gasteiger partial charge is 0.383 e. The summed E-state index contributed by atoms with van der Waals surface area (Å²) < 4.78 is 0. The van der Waals surface area contributed by atoms with Gasteiger partial charge in [-0.2, -0.15) is 0 Å². The third-order valence-electron chi connectivity index (χ3n) is 3.05. The third-order valence-corrected chi connectivity index (χ3v) is 3.05. The van der Waals surface area contributed by atoms with Gasteiger partial charge in [0.05, 0.1) is 11.4 Å². The van der Waals surface area contributed by atoms with Crippen molar-refractivity contribution in [1.29, 1.82) is 0 Å². The fourth-order valence-electron chi connectivity index (χ4n) is 2.17. The van der Waals surface area contributed by atoms with Gasteiger partial charge < -0.3 is 10.2 Å². The summed E-state index contributed by atoms with van der Waals surface area (Å²) in [6.07, 6.45) is 2.66. The van der Waals surface area contributed by atoms with E-state index in [0.717, 1.165) is 6.54 Å². The van der Waals surface area contributed by atoms with Crippen LogP contribution in [0.25, 0.3) is 0 Å². The Hall–Kier alpha value is -1.18. The first-order valence-electron chi connectivity index (χ1n) is 6.35. The Balaban J connectivity index is 2.10. The van der Waals surface area contributed by atoms with Gasteiger partial charge in [-0.1, -0.05) is 26.0 Å². The summed E-state index contributed by atoms with van der Waals surface area (Å²) in [6, 6.07) is 8.67. The molecule has 0 aliphatic carbocycles. The van der Waals surface area contributed by atoms with Crippen LogP contribution < -0.4 is 10.2 Å². The molecule has 0 amide bonds. The molecular weight excluding hydrogens is 196 g/mol. The Morgan fingerprint density at radius 2 is 1.88 bits per heavy atom. The molecule has 1 heterocycles. The monoisotopic (exact) mass is 218 g/mol. The average Bonchev–Trinajstić information content (AvgIpc) is 2.80. The first-order valence-corrected chi connectivity index (χ1v) is 6.35. The van der Waals surface area contributed by atoms with Crippen molar-refractivity contribution in [2.45, 2.75) is 26.7 Å². The lowest BCUT2D eigenvalue weighted by molar-refractivity contribution is 0.688. The van der Waals surface area contributed by atoms with Gasteiger partial charge in [-0.15, -0.1) is 0 Å². The zero-order chi connectivity index (χ0) is 11.4. The van der Waals surface area contributed by atoms with Crippen LogP contribution in [0.1, 0.15) is 26.7 Å². The van der Waals surface area contributed by atoms with Crippen molar-refractivity contribution >= 4 is 11.4 Å². The number of benzene rings is 1. The van der Waals surface area contributed by atoms with Gasteiger partial charge in [0.15, 0.2) is 0 Å². The fourth-order valence-corrected chi connectivity index (χ4v) is 2.17. The molecule has 0 unspecified atom stereocenters. The molecule has 0 bridgehead atoms. The summed E-state index contributed by atoms with van der Waals surface area (Å²) >= 11 is 0. The van der Waals surface area contributed by atoms with Crippen molar-refractivity contribution in [1.82, 2.24) is 0 Å². The van der Waals surface area contributed by atoms with Crippen molar-refractivity contribution in [2.24, 2.45) is 5.92 Å². The number of rotatable bonds is 4. The number of hydrogen-bond acceptors (Lipinski definition) is 2. The van der Waals surface area contributed by atoms with E-state index in [1.165, 1.54) is 37.3 Å². The third kappa shape index (κ3) is 2.69. The van der Waals surface area contributed by atoms with E-state index in [2.05, 4.69) is 48.3 Å². The lowest BCUT2D eigenvalue weighted by atomic mass is 10.2. The fraction of sp³-hybridized carbons (Fsp3) is 0.571. The van der Waals surface area contributed by atoms with Crippen LogP contribution in [0.4, 0.5) is 11.4 Å². The molecule has 1 aliphatic rings. The predicted molar refractivity (Wildman–Crippen MR) is 71.2 cm³/mol. The summed E-state index contributed by atoms with van der Waals surface area (Å²) in [5.41, 5.74) is 2.67. The summed E-state index contributed by atoms with van der Waals surface area (Å²) in [6.45, 7) is 7.95. The molecule has 1 saturated heterocycles. The number of nitrogens with zero attached hydrogens (tertiary/aromatic N) is 1. The van der Waals surface area contributed by atoms with Crippen LogP contribution in [-0.2, 0) is 0 Å². The van der Waals surface area contributed by atoms with Crippen molar-refractivity contribution < 1.29 is 0 Å². The Morgan fingerprint density at radius 1 is 1.19 bits per heavy atom. The van der Waals surface area contributed by atoms with E-state index in [-0.39, 0.29) is 0 Å². The van der Waals surface area contributed by atoms with E-state index in [4.69, 9.17) is 0 Å². The van der Waals surface area contributed by atoms with Gasteiger partial charge in [0.2, 0.25) is 0 Å². The van der Waals surface area contributed by atoms with E-state index >= 15 is 0 Å². The number of hydrogen-bond donors (Lipinski definition) is 1. The summed E-state index contributed by atoms with van der Waals surface area (Å²) in [7, 11) is 0. The minimum absolute atomic E-state index is 0.687. The standard InChI is InChI=1S/C14H22N2/c1-12(2)11-15-13-7-3-4-8-14(13)16-9-5-6-10-16/h3-4,7-8,12,15H,5-6,9-11H2,1-2H3. The molecule has 2 nitrogen and oxygen atoms in total. The van der Waals surface area contributed by atoms with E-state index < -0.39 is 0 Å². The van der Waals surface area contributed by atoms with E-state index in [9.17, 15) is 0 Å². The number of para-hydroxylation sites is 2. The van der Waals surface area contributed by atoms with E-state index in [0.29, 0.717) is 5.92 Å². The quantitative estimate of drug-likeness (QED) is 0.833. The molecule has 0 aromatic heterocycles. The summed E-state index contributed by atoms with van der Waals surface area (Å²) in [4.78, 5) is 2.49. The van der Waals surface area contributed by atoms with Gasteiger partial charge in [-0.3, -0.25) is 0 Å². The first-order chi connectivity index (χ1) is 7.77. The molecule has 0 spiro atoms. The molecule has 1 aliphatic heterocycles. The van der Waals surface area contributed by atoms with Gasteiger partial charge in [-0.05, 0) is 30.9 Å². The molecule has 1 N–H and O–H groups in total. The second-order valence-corrected chi connectivity index (χ2v) is 4.99. The zero-order valence-electron chi connectivity index (χ0n) is 10.4. The number of anilines is 2. The van der Waals surface area contributed by atoms with Crippen LogP contribution in [0, 0.1) is 5.92 Å². The lowest BCUT2D eigenvalue weighted by Gasteiger charge is -2.22. The van der Waals surface area contributed by atoms with Crippen LogP contribution in [0.5, 0.6) is 0 Å². The number of nitrogens with one attached hydrogen (secondary N) is 1. The minimum atomic E-state index is 0.687. The van der Waals surface area contributed by atoms with Gasteiger partial charge in [0.1, 0.15) is 0 Å². The van der Waals surface area contributed by atoms with Gasteiger partial charge in [0, 0.05) is 19.6 Å². The highest BCUT2D eigenvalue weighted by Crippen LogP contribution is 2.28. The molecular formula is C14H22N2. The molecule has 1 aromatic carbocycles. The predicted octanol–water partition coefficient (Wildman–Crippen LogP) is 3.35. The highest BCUT2D eigenvalue weighted by Gasteiger charge is 2.14. The van der Waals surface area contributed by atoms with Crippen LogP contribution in [-0.4, -0.2) is 19.6 Å². The Morgan fingerprint density at radius 3 is 2.56 bits per heavy atom. The van der Waals surface area contributed by atoms with Crippen LogP contribution in [0.15, 0.2) is 24.3 Å². The highest BCUT2D eigenvalue weighted by atomic mass is 15.2. The maximum Gasteiger partial charge on any atom is 0.0602 e. The highest BCUT2D eigenvalue weighted by molar-refractivity contribution is 5.70. The molecule has 88 valence electrons. The second kappa shape index (κ2) is 5.24. The topological polar surface area (TPSA) is 15.3 Å². The minimum Gasteiger partial charge on any atom is -0.383 e. The van der Waals surface area contributed by atoms with Crippen molar-refractivity contribution in [3.8, 4) is 0 Å². The average molecular weight is 218 g/mol. The van der Waals surface area contributed by atoms with Crippen molar-refractivity contribution in [3.05, 3.63) is 24.3 Å².